The van der Waals surface area contributed by atoms with E-state index in [9.17, 15) is 31.1 Å². The van der Waals surface area contributed by atoms with Crippen molar-refractivity contribution in [1.29, 1.82) is 0 Å². The van der Waals surface area contributed by atoms with Crippen LogP contribution in [0.1, 0.15) is 61.2 Å². The molecule has 1 aliphatic carbocycles. The Morgan fingerprint density at radius 1 is 1.12 bits per heavy atom. The second-order valence-electron chi connectivity index (χ2n) is 8.18. The summed E-state index contributed by atoms with van der Waals surface area (Å²) in [7, 11) is 0. The summed E-state index contributed by atoms with van der Waals surface area (Å²) in [5, 5.41) is 2.88. The van der Waals surface area contributed by atoms with Gasteiger partial charge in [0.2, 0.25) is 0 Å². The summed E-state index contributed by atoms with van der Waals surface area (Å²) in [5.74, 6) is -1.04. The molecule has 11 heteroatoms. The van der Waals surface area contributed by atoms with E-state index in [0.29, 0.717) is 12.8 Å². The summed E-state index contributed by atoms with van der Waals surface area (Å²) in [6.07, 6.45) is -4.33. The van der Waals surface area contributed by atoms with Gasteiger partial charge in [0.25, 0.3) is 18.4 Å². The molecule has 176 valence electrons. The van der Waals surface area contributed by atoms with Crippen molar-refractivity contribution in [2.45, 2.75) is 51.1 Å². The molecule has 0 aliphatic heterocycles. The standard InChI is InChI=1S/C22H20F6N4O/c1-10(12-4-3-5-13(16(12)24)18(25)26)29-20-14-8-32(22(9-23)6-7-22)21(33)15(19(27)28)17(14)30-11(2)31-20/h3-5,8,10,18-19H,6-7,9H2,1-2H3,(H,29,30,31)/t10-/m1/s1. The molecule has 0 saturated heterocycles. The first-order valence-corrected chi connectivity index (χ1v) is 10.2. The largest absolute Gasteiger partial charge is 0.363 e. The van der Waals surface area contributed by atoms with E-state index in [1.807, 2.05) is 0 Å². The molecule has 0 unspecified atom stereocenters. The summed E-state index contributed by atoms with van der Waals surface area (Å²) < 4.78 is 83.3. The highest BCUT2D eigenvalue weighted by Crippen LogP contribution is 2.44. The molecule has 1 fully saturated rings. The Morgan fingerprint density at radius 2 is 1.79 bits per heavy atom. The van der Waals surface area contributed by atoms with Crippen LogP contribution in [0.3, 0.4) is 0 Å². The third-order valence-corrected chi connectivity index (χ3v) is 5.94. The number of hydrogen-bond donors (Lipinski definition) is 1. The van der Waals surface area contributed by atoms with Gasteiger partial charge in [-0.3, -0.25) is 4.79 Å². The van der Waals surface area contributed by atoms with Crippen LogP contribution in [0.4, 0.5) is 32.2 Å². The lowest BCUT2D eigenvalue weighted by atomic mass is 10.0. The molecule has 33 heavy (non-hydrogen) atoms. The number of anilines is 1. The topological polar surface area (TPSA) is 59.8 Å². The number of nitrogens with zero attached hydrogens (tertiary/aromatic N) is 3. The van der Waals surface area contributed by atoms with E-state index in [0.717, 1.165) is 10.6 Å². The molecular weight excluding hydrogens is 450 g/mol. The molecule has 0 bridgehead atoms. The molecule has 1 atom stereocenters. The number of hydrogen-bond acceptors (Lipinski definition) is 4. The number of aryl methyl sites for hydroxylation is 1. The number of rotatable bonds is 7. The average molecular weight is 470 g/mol. The van der Waals surface area contributed by atoms with Gasteiger partial charge in [0.05, 0.1) is 28.0 Å². The molecule has 0 amide bonds. The zero-order chi connectivity index (χ0) is 24.1. The zero-order valence-corrected chi connectivity index (χ0v) is 17.7. The van der Waals surface area contributed by atoms with Crippen molar-refractivity contribution in [1.82, 2.24) is 14.5 Å². The van der Waals surface area contributed by atoms with Crippen LogP contribution < -0.4 is 10.9 Å². The molecule has 1 N–H and O–H groups in total. The molecule has 0 radical (unpaired) electrons. The average Bonchev–Trinajstić information content (AvgIpc) is 3.53. The van der Waals surface area contributed by atoms with Crippen molar-refractivity contribution >= 4 is 16.7 Å². The summed E-state index contributed by atoms with van der Waals surface area (Å²) in [5.41, 5.74) is -4.25. The number of fused-ring (bicyclic) bond motifs is 1. The van der Waals surface area contributed by atoms with E-state index in [-0.39, 0.29) is 28.1 Å². The van der Waals surface area contributed by atoms with Crippen LogP contribution in [0.5, 0.6) is 0 Å². The van der Waals surface area contributed by atoms with Crippen LogP contribution in [0.25, 0.3) is 10.9 Å². The summed E-state index contributed by atoms with van der Waals surface area (Å²) in [6.45, 7) is 2.02. The first kappa shape index (κ1) is 23.1. The Balaban J connectivity index is 1.88. The fourth-order valence-corrected chi connectivity index (χ4v) is 3.92. The van der Waals surface area contributed by atoms with Gasteiger partial charge >= 0.3 is 0 Å². The van der Waals surface area contributed by atoms with Gasteiger partial charge in [-0.15, -0.1) is 0 Å². The molecule has 4 rings (SSSR count). The molecule has 1 aliphatic rings. The van der Waals surface area contributed by atoms with Gasteiger partial charge in [0.15, 0.2) is 0 Å². The van der Waals surface area contributed by atoms with Crippen molar-refractivity contribution in [3.63, 3.8) is 0 Å². The van der Waals surface area contributed by atoms with Gasteiger partial charge in [0.1, 0.15) is 29.7 Å². The van der Waals surface area contributed by atoms with Crippen molar-refractivity contribution in [3.8, 4) is 0 Å². The number of pyridine rings is 1. The van der Waals surface area contributed by atoms with Crippen molar-refractivity contribution in [3.05, 3.63) is 63.1 Å². The monoisotopic (exact) mass is 470 g/mol. The molecule has 5 nitrogen and oxygen atoms in total. The third kappa shape index (κ3) is 3.93. The van der Waals surface area contributed by atoms with E-state index in [1.54, 1.807) is 0 Å². The Hall–Kier alpha value is -3.11. The van der Waals surface area contributed by atoms with Crippen molar-refractivity contribution in [2.75, 3.05) is 12.0 Å². The lowest BCUT2D eigenvalue weighted by Crippen LogP contribution is -2.34. The fourth-order valence-electron chi connectivity index (χ4n) is 3.92. The van der Waals surface area contributed by atoms with E-state index in [1.165, 1.54) is 32.2 Å². The second kappa shape index (κ2) is 8.35. The predicted octanol–water partition coefficient (Wildman–Crippen LogP) is 5.75. The lowest BCUT2D eigenvalue weighted by molar-refractivity contribution is 0.146. The maximum Gasteiger partial charge on any atom is 0.271 e. The van der Waals surface area contributed by atoms with Crippen LogP contribution in [-0.2, 0) is 5.54 Å². The molecule has 0 spiro atoms. The number of benzene rings is 1. The first-order valence-electron chi connectivity index (χ1n) is 10.2. The van der Waals surface area contributed by atoms with Crippen LogP contribution in [0.15, 0.2) is 29.2 Å². The number of alkyl halides is 5. The SMILES string of the molecule is Cc1nc(N[C@H](C)c2cccc(C(F)F)c2F)c2cn(C3(CF)CC3)c(=O)c(C(F)F)c2n1. The molecular formula is C22H20F6N4O. The minimum absolute atomic E-state index is 0.00263. The second-order valence-corrected chi connectivity index (χ2v) is 8.18. The molecule has 3 aromatic rings. The van der Waals surface area contributed by atoms with E-state index in [2.05, 4.69) is 15.3 Å². The maximum absolute atomic E-state index is 14.6. The van der Waals surface area contributed by atoms with Crippen LogP contribution >= 0.6 is 0 Å². The zero-order valence-electron chi connectivity index (χ0n) is 17.7. The van der Waals surface area contributed by atoms with Gasteiger partial charge in [-0.05, 0) is 26.7 Å². The number of halogens is 6. The summed E-state index contributed by atoms with van der Waals surface area (Å²) in [4.78, 5) is 21.0. The minimum atomic E-state index is -3.18. The lowest BCUT2D eigenvalue weighted by Gasteiger charge is -2.21. The Labute approximate surface area is 184 Å². The highest BCUT2D eigenvalue weighted by molar-refractivity contribution is 5.91. The van der Waals surface area contributed by atoms with E-state index >= 15 is 0 Å². The quantitative estimate of drug-likeness (QED) is 0.447. The van der Waals surface area contributed by atoms with Gasteiger partial charge in [-0.25, -0.2) is 36.3 Å². The Kier molecular flexibility index (Phi) is 5.83. The Morgan fingerprint density at radius 3 is 2.36 bits per heavy atom. The Bertz CT molecular complexity index is 1270. The third-order valence-electron chi connectivity index (χ3n) is 5.94. The van der Waals surface area contributed by atoms with Gasteiger partial charge in [0, 0.05) is 11.8 Å². The van der Waals surface area contributed by atoms with Crippen LogP contribution in [0.2, 0.25) is 0 Å². The number of nitrogens with one attached hydrogen (secondary N) is 1. The molecule has 1 saturated carbocycles. The van der Waals surface area contributed by atoms with Crippen LogP contribution in [-0.4, -0.2) is 21.2 Å². The van der Waals surface area contributed by atoms with Crippen molar-refractivity contribution < 1.29 is 26.3 Å². The van der Waals surface area contributed by atoms with Gasteiger partial charge < -0.3 is 9.88 Å². The van der Waals surface area contributed by atoms with Gasteiger partial charge in [-0.1, -0.05) is 18.2 Å². The summed E-state index contributed by atoms with van der Waals surface area (Å²) >= 11 is 0. The number of aromatic nitrogens is 3. The van der Waals surface area contributed by atoms with E-state index in [4.69, 9.17) is 0 Å². The maximum atomic E-state index is 14.6. The highest BCUT2D eigenvalue weighted by atomic mass is 19.3. The van der Waals surface area contributed by atoms with E-state index < -0.39 is 53.6 Å². The fraction of sp³-hybridized carbons (Fsp3) is 0.409. The minimum Gasteiger partial charge on any atom is -0.363 e. The summed E-state index contributed by atoms with van der Waals surface area (Å²) in [6, 6.07) is 2.68. The first-order chi connectivity index (χ1) is 15.6. The highest BCUT2D eigenvalue weighted by Gasteiger charge is 2.46. The van der Waals surface area contributed by atoms with Gasteiger partial charge in [-0.2, -0.15) is 0 Å². The van der Waals surface area contributed by atoms with Crippen molar-refractivity contribution in [2.24, 2.45) is 0 Å². The predicted molar refractivity (Wildman–Crippen MR) is 110 cm³/mol. The smallest absolute Gasteiger partial charge is 0.271 e. The molecule has 2 heterocycles. The molecule has 1 aromatic carbocycles. The van der Waals surface area contributed by atoms with Crippen LogP contribution in [0, 0.1) is 12.7 Å². The normalized spacial score (nSPS) is 15.9. The molecule has 2 aromatic heterocycles.